The molecule has 14 heteroatoms. The van der Waals surface area contributed by atoms with E-state index < -0.39 is 86.8 Å². The first-order valence-electron chi connectivity index (χ1n) is 19.2. The van der Waals surface area contributed by atoms with Gasteiger partial charge in [0.05, 0.1) is 32.0 Å². The molecular weight excluding hydrogens is 678 g/mol. The first-order valence-corrected chi connectivity index (χ1v) is 19.2. The Morgan fingerprint density at radius 1 is 0.673 bits per heavy atom. The third kappa shape index (κ3) is 16.3. The zero-order valence-electron chi connectivity index (χ0n) is 31.0. The van der Waals surface area contributed by atoms with Gasteiger partial charge in [-0.1, -0.05) is 88.8 Å². The SMILES string of the molecule is CCC/C=C/CC/C=C/C(O)C(COC1OC(CO)C(OC2OC(CO)C(O)C(O)C2O)C(O)C1O)NC(=O)CCCCCCC/C=C\CCCC. The second kappa shape index (κ2) is 26.9. The van der Waals surface area contributed by atoms with Crippen molar-refractivity contribution in [2.75, 3.05) is 19.8 Å². The van der Waals surface area contributed by atoms with Crippen molar-refractivity contribution in [3.8, 4) is 0 Å². The van der Waals surface area contributed by atoms with Gasteiger partial charge in [-0.15, -0.1) is 0 Å². The van der Waals surface area contributed by atoms with E-state index in [1.807, 2.05) is 6.08 Å². The molecule has 1 amide bonds. The smallest absolute Gasteiger partial charge is 0.220 e. The fourth-order valence-corrected chi connectivity index (χ4v) is 6.00. The Bertz CT molecular complexity index is 1020. The second-order valence-corrected chi connectivity index (χ2v) is 13.7. The molecule has 0 spiro atoms. The number of carbonyl (C=O) groups excluding carboxylic acids is 1. The van der Waals surface area contributed by atoms with Crippen LogP contribution in [-0.4, -0.2) is 140 Å². The zero-order valence-corrected chi connectivity index (χ0v) is 31.0. The van der Waals surface area contributed by atoms with Gasteiger partial charge in [0.25, 0.3) is 0 Å². The minimum absolute atomic E-state index is 0.261. The Labute approximate surface area is 309 Å². The molecule has 12 atom stereocenters. The lowest BCUT2D eigenvalue weighted by atomic mass is 9.97. The van der Waals surface area contributed by atoms with Gasteiger partial charge in [0.2, 0.25) is 5.91 Å². The largest absolute Gasteiger partial charge is 0.394 e. The average molecular weight is 746 g/mol. The summed E-state index contributed by atoms with van der Waals surface area (Å²) in [6.07, 6.45) is 8.20. The Morgan fingerprint density at radius 2 is 1.27 bits per heavy atom. The van der Waals surface area contributed by atoms with E-state index in [4.69, 9.17) is 18.9 Å². The minimum Gasteiger partial charge on any atom is -0.394 e. The molecule has 0 bridgehead atoms. The van der Waals surface area contributed by atoms with Crippen molar-refractivity contribution in [3.63, 3.8) is 0 Å². The predicted molar refractivity (Wildman–Crippen MR) is 194 cm³/mol. The highest BCUT2D eigenvalue weighted by atomic mass is 16.7. The lowest BCUT2D eigenvalue weighted by Gasteiger charge is -2.46. The lowest BCUT2D eigenvalue weighted by Crippen LogP contribution is -2.65. The van der Waals surface area contributed by atoms with E-state index in [0.29, 0.717) is 12.8 Å². The standard InChI is InChI=1S/C38H67NO13/c1-3-5-7-9-11-12-13-14-16-18-20-22-30(43)39-26(27(42)21-19-17-15-10-8-6-4-2)25-49-37-35(48)33(46)36(29(24-41)51-37)52-38-34(47)32(45)31(44)28(23-40)50-38/h8-11,19,21,26-29,31-38,40-42,44-48H,3-7,12-18,20,22-25H2,1-2H3,(H,39,43)/b10-8+,11-9-,21-19+. The molecule has 2 aliphatic heterocycles. The van der Waals surface area contributed by atoms with Crippen LogP contribution in [0.5, 0.6) is 0 Å². The molecule has 302 valence electrons. The highest BCUT2D eigenvalue weighted by Gasteiger charge is 2.50. The molecule has 2 heterocycles. The average Bonchev–Trinajstić information content (AvgIpc) is 3.14. The van der Waals surface area contributed by atoms with Crippen LogP contribution in [0.15, 0.2) is 36.5 Å². The molecule has 2 aliphatic rings. The number of hydrogen-bond acceptors (Lipinski definition) is 13. The summed E-state index contributed by atoms with van der Waals surface area (Å²) in [4.78, 5) is 12.9. The van der Waals surface area contributed by atoms with Crippen LogP contribution >= 0.6 is 0 Å². The van der Waals surface area contributed by atoms with Gasteiger partial charge in [0.1, 0.15) is 48.8 Å². The molecule has 9 N–H and O–H groups in total. The molecule has 0 saturated carbocycles. The van der Waals surface area contributed by atoms with Crippen molar-refractivity contribution in [2.24, 2.45) is 0 Å². The molecule has 2 rings (SSSR count). The van der Waals surface area contributed by atoms with Gasteiger partial charge in [-0.2, -0.15) is 0 Å². The zero-order chi connectivity index (χ0) is 38.3. The number of allylic oxidation sites excluding steroid dienone is 5. The van der Waals surface area contributed by atoms with Crippen molar-refractivity contribution < 1.29 is 64.6 Å². The maximum atomic E-state index is 12.9. The third-order valence-corrected chi connectivity index (χ3v) is 9.28. The van der Waals surface area contributed by atoms with Crippen molar-refractivity contribution in [2.45, 2.75) is 177 Å². The Balaban J connectivity index is 1.97. The van der Waals surface area contributed by atoms with Crippen molar-refractivity contribution in [1.82, 2.24) is 5.32 Å². The Hall–Kier alpha value is -1.79. The van der Waals surface area contributed by atoms with Gasteiger partial charge in [0, 0.05) is 6.42 Å². The fourth-order valence-electron chi connectivity index (χ4n) is 6.00. The number of carbonyl (C=O) groups is 1. The molecule has 0 aliphatic carbocycles. The monoisotopic (exact) mass is 745 g/mol. The minimum atomic E-state index is -1.79. The van der Waals surface area contributed by atoms with Crippen LogP contribution in [0.4, 0.5) is 0 Å². The quantitative estimate of drug-likeness (QED) is 0.0454. The predicted octanol–water partition coefficient (Wildman–Crippen LogP) is 1.64. The maximum Gasteiger partial charge on any atom is 0.220 e. The van der Waals surface area contributed by atoms with Crippen LogP contribution in [0.3, 0.4) is 0 Å². The number of nitrogens with one attached hydrogen (secondary N) is 1. The lowest BCUT2D eigenvalue weighted by molar-refractivity contribution is -0.359. The first kappa shape index (κ1) is 46.4. The van der Waals surface area contributed by atoms with Crippen molar-refractivity contribution >= 4 is 5.91 Å². The number of aliphatic hydroxyl groups excluding tert-OH is 8. The summed E-state index contributed by atoms with van der Waals surface area (Å²) in [6.45, 7) is 2.54. The summed E-state index contributed by atoms with van der Waals surface area (Å²) >= 11 is 0. The maximum absolute atomic E-state index is 12.9. The number of unbranched alkanes of at least 4 members (excludes halogenated alkanes) is 9. The molecule has 52 heavy (non-hydrogen) atoms. The van der Waals surface area contributed by atoms with E-state index in [1.54, 1.807) is 6.08 Å². The first-order chi connectivity index (χ1) is 25.1. The Morgan fingerprint density at radius 3 is 1.96 bits per heavy atom. The third-order valence-electron chi connectivity index (χ3n) is 9.28. The molecule has 0 aromatic rings. The van der Waals surface area contributed by atoms with Crippen LogP contribution in [0.25, 0.3) is 0 Å². The molecule has 0 aromatic heterocycles. The molecule has 2 saturated heterocycles. The van der Waals surface area contributed by atoms with Gasteiger partial charge >= 0.3 is 0 Å². The summed E-state index contributed by atoms with van der Waals surface area (Å²) in [5.74, 6) is -0.270. The number of hydrogen-bond donors (Lipinski definition) is 9. The van der Waals surface area contributed by atoms with Gasteiger partial charge in [-0.05, 0) is 44.9 Å². The highest BCUT2D eigenvalue weighted by molar-refractivity contribution is 5.76. The summed E-state index contributed by atoms with van der Waals surface area (Å²) < 4.78 is 22.4. The van der Waals surface area contributed by atoms with Crippen LogP contribution < -0.4 is 5.32 Å². The number of ether oxygens (including phenoxy) is 4. The molecular formula is C38H67NO13. The summed E-state index contributed by atoms with van der Waals surface area (Å²) in [7, 11) is 0. The summed E-state index contributed by atoms with van der Waals surface area (Å²) in [5.41, 5.74) is 0. The normalized spacial score (nSPS) is 31.1. The van der Waals surface area contributed by atoms with Gasteiger partial charge < -0.3 is 65.1 Å². The second-order valence-electron chi connectivity index (χ2n) is 13.7. The van der Waals surface area contributed by atoms with E-state index in [2.05, 4.69) is 43.5 Å². The van der Waals surface area contributed by atoms with Gasteiger partial charge in [-0.25, -0.2) is 0 Å². The van der Waals surface area contributed by atoms with Gasteiger partial charge in [-0.3, -0.25) is 4.79 Å². The Kier molecular flexibility index (Phi) is 24.0. The molecule has 14 nitrogen and oxygen atoms in total. The highest BCUT2D eigenvalue weighted by Crippen LogP contribution is 2.29. The van der Waals surface area contributed by atoms with E-state index in [-0.39, 0.29) is 18.9 Å². The number of rotatable bonds is 26. The molecule has 2 fully saturated rings. The molecule has 12 unspecified atom stereocenters. The van der Waals surface area contributed by atoms with Crippen LogP contribution in [-0.2, 0) is 23.7 Å². The van der Waals surface area contributed by atoms with Crippen LogP contribution in [0.1, 0.15) is 104 Å². The number of aliphatic hydroxyl groups is 8. The summed E-state index contributed by atoms with van der Waals surface area (Å²) in [6, 6.07) is -0.928. The van der Waals surface area contributed by atoms with Crippen molar-refractivity contribution in [3.05, 3.63) is 36.5 Å². The number of amides is 1. The van der Waals surface area contributed by atoms with Crippen LogP contribution in [0, 0.1) is 0 Å². The summed E-state index contributed by atoms with van der Waals surface area (Å²) in [5, 5.41) is 85.8. The van der Waals surface area contributed by atoms with E-state index in [1.165, 1.54) is 12.8 Å². The van der Waals surface area contributed by atoms with E-state index in [9.17, 15) is 45.6 Å². The van der Waals surface area contributed by atoms with Crippen molar-refractivity contribution in [1.29, 1.82) is 0 Å². The van der Waals surface area contributed by atoms with E-state index in [0.717, 1.165) is 57.8 Å². The fraction of sp³-hybridized carbons (Fsp3) is 0.816. The van der Waals surface area contributed by atoms with E-state index >= 15 is 0 Å². The van der Waals surface area contributed by atoms with Gasteiger partial charge in [0.15, 0.2) is 12.6 Å². The topological polar surface area (TPSA) is 228 Å². The molecule has 0 aromatic carbocycles. The van der Waals surface area contributed by atoms with Crippen LogP contribution in [0.2, 0.25) is 0 Å². The molecule has 0 radical (unpaired) electrons.